The topological polar surface area (TPSA) is 57.2 Å². The van der Waals surface area contributed by atoms with Gasteiger partial charge in [-0.05, 0) is 13.8 Å². The average Bonchev–Trinajstić information content (AvgIpc) is 3.01. The van der Waals surface area contributed by atoms with Crippen LogP contribution in [0.1, 0.15) is 12.7 Å². The Bertz CT molecular complexity index is 577. The maximum absolute atomic E-state index is 4.57. The van der Waals surface area contributed by atoms with Crippen molar-refractivity contribution in [3.63, 3.8) is 0 Å². The van der Waals surface area contributed by atoms with E-state index in [9.17, 15) is 0 Å². The first-order chi connectivity index (χ1) is 10.3. The molecule has 1 fully saturated rings. The molecule has 0 radical (unpaired) electrons. The summed E-state index contributed by atoms with van der Waals surface area (Å²) in [6, 6.07) is 2.04. The fourth-order valence-electron chi connectivity index (χ4n) is 2.48. The van der Waals surface area contributed by atoms with Crippen LogP contribution in [0.25, 0.3) is 0 Å². The second-order valence-corrected chi connectivity index (χ2v) is 5.85. The Morgan fingerprint density at radius 3 is 2.62 bits per heavy atom. The zero-order valence-electron chi connectivity index (χ0n) is 12.4. The average molecular weight is 304 g/mol. The molecule has 0 amide bonds. The van der Waals surface area contributed by atoms with Crippen LogP contribution in [0, 0.1) is 6.92 Å². The molecule has 0 saturated carbocycles. The molecule has 1 saturated heterocycles. The van der Waals surface area contributed by atoms with Gasteiger partial charge in [0.2, 0.25) is 0 Å². The lowest BCUT2D eigenvalue weighted by atomic mass is 10.3. The van der Waals surface area contributed by atoms with Gasteiger partial charge in [0.25, 0.3) is 0 Å². The summed E-state index contributed by atoms with van der Waals surface area (Å²) in [6.45, 7) is 8.76. The Labute approximate surface area is 128 Å². The van der Waals surface area contributed by atoms with E-state index in [-0.39, 0.29) is 0 Å². The van der Waals surface area contributed by atoms with E-state index in [0.29, 0.717) is 0 Å². The van der Waals surface area contributed by atoms with Crippen LogP contribution in [0.4, 0.5) is 16.8 Å². The van der Waals surface area contributed by atoms with Gasteiger partial charge in [0, 0.05) is 50.4 Å². The van der Waals surface area contributed by atoms with E-state index in [4.69, 9.17) is 0 Å². The highest BCUT2D eigenvalue weighted by molar-refractivity contribution is 7.13. The molecule has 21 heavy (non-hydrogen) atoms. The third kappa shape index (κ3) is 3.24. The van der Waals surface area contributed by atoms with E-state index in [2.05, 4.69) is 37.0 Å². The van der Waals surface area contributed by atoms with Crippen molar-refractivity contribution < 1.29 is 0 Å². The number of aromatic nitrogens is 3. The Morgan fingerprint density at radius 2 is 1.95 bits per heavy atom. The van der Waals surface area contributed by atoms with E-state index in [1.54, 1.807) is 11.3 Å². The second-order valence-electron chi connectivity index (χ2n) is 4.98. The smallest absolute Gasteiger partial charge is 0.185 e. The number of aryl methyl sites for hydroxylation is 1. The van der Waals surface area contributed by atoms with Gasteiger partial charge in [-0.25, -0.2) is 15.0 Å². The molecule has 0 atom stereocenters. The minimum absolute atomic E-state index is 0.811. The van der Waals surface area contributed by atoms with Crippen LogP contribution in [0.5, 0.6) is 0 Å². The molecule has 6 nitrogen and oxygen atoms in total. The third-order valence-corrected chi connectivity index (χ3v) is 4.31. The van der Waals surface area contributed by atoms with Gasteiger partial charge >= 0.3 is 0 Å². The van der Waals surface area contributed by atoms with Crippen molar-refractivity contribution >= 4 is 28.1 Å². The van der Waals surface area contributed by atoms with Crippen LogP contribution in [0.3, 0.4) is 0 Å². The summed E-state index contributed by atoms with van der Waals surface area (Å²) in [6.07, 6.45) is 1.86. The van der Waals surface area contributed by atoms with E-state index < -0.39 is 0 Å². The summed E-state index contributed by atoms with van der Waals surface area (Å²) in [4.78, 5) is 18.0. The van der Waals surface area contributed by atoms with Crippen LogP contribution in [-0.2, 0) is 0 Å². The van der Waals surface area contributed by atoms with Gasteiger partial charge in [-0.1, -0.05) is 0 Å². The Balaban J connectivity index is 1.69. The van der Waals surface area contributed by atoms with Crippen LogP contribution in [0.15, 0.2) is 17.6 Å². The summed E-state index contributed by atoms with van der Waals surface area (Å²) in [5.41, 5.74) is 0. The molecule has 1 N–H and O–H groups in total. The standard InChI is InChI=1S/C14H20N6S/c1-3-15-12-10-13(18-11(2)17-12)19-5-7-20(8-6-19)14-16-4-9-21-14/h4,9-10H,3,5-8H2,1-2H3,(H,15,17,18). The van der Waals surface area contributed by atoms with E-state index in [0.717, 1.165) is 55.3 Å². The molecular formula is C14H20N6S. The number of nitrogens with zero attached hydrogens (tertiary/aromatic N) is 5. The van der Waals surface area contributed by atoms with E-state index >= 15 is 0 Å². The quantitative estimate of drug-likeness (QED) is 0.932. The fourth-order valence-corrected chi connectivity index (χ4v) is 3.18. The predicted molar refractivity (Wildman–Crippen MR) is 87.5 cm³/mol. The number of nitrogens with one attached hydrogen (secondary N) is 1. The molecule has 2 aromatic heterocycles. The summed E-state index contributed by atoms with van der Waals surface area (Å²) in [7, 11) is 0. The summed E-state index contributed by atoms with van der Waals surface area (Å²) >= 11 is 1.70. The van der Waals surface area contributed by atoms with Crippen LogP contribution in [-0.4, -0.2) is 47.7 Å². The first-order valence-electron chi connectivity index (χ1n) is 7.25. The van der Waals surface area contributed by atoms with Gasteiger partial charge in [-0.2, -0.15) is 0 Å². The Kier molecular flexibility index (Phi) is 4.19. The lowest BCUT2D eigenvalue weighted by Crippen LogP contribution is -2.46. The number of anilines is 3. The van der Waals surface area contributed by atoms with Crippen molar-refractivity contribution in [1.29, 1.82) is 0 Å². The zero-order valence-corrected chi connectivity index (χ0v) is 13.2. The summed E-state index contributed by atoms with van der Waals surface area (Å²) in [5, 5.41) is 6.40. The van der Waals surface area contributed by atoms with Gasteiger partial charge in [-0.15, -0.1) is 11.3 Å². The van der Waals surface area contributed by atoms with Gasteiger partial charge < -0.3 is 15.1 Å². The molecule has 0 bridgehead atoms. The molecule has 1 aliphatic heterocycles. The van der Waals surface area contributed by atoms with Crippen molar-refractivity contribution in [3.05, 3.63) is 23.5 Å². The summed E-state index contributed by atoms with van der Waals surface area (Å²) < 4.78 is 0. The molecule has 3 heterocycles. The van der Waals surface area contributed by atoms with Crippen LogP contribution < -0.4 is 15.1 Å². The van der Waals surface area contributed by atoms with Gasteiger partial charge in [0.05, 0.1) is 0 Å². The monoisotopic (exact) mass is 304 g/mol. The Hall–Kier alpha value is -1.89. The zero-order chi connectivity index (χ0) is 14.7. The summed E-state index contributed by atoms with van der Waals surface area (Å²) in [5.74, 6) is 2.73. The van der Waals surface area contributed by atoms with Crippen molar-refractivity contribution in [2.24, 2.45) is 0 Å². The molecule has 2 aromatic rings. The molecule has 112 valence electrons. The normalized spacial score (nSPS) is 15.3. The molecule has 0 aliphatic carbocycles. The molecular weight excluding hydrogens is 284 g/mol. The highest BCUT2D eigenvalue weighted by Gasteiger charge is 2.20. The predicted octanol–water partition coefficient (Wildman–Crippen LogP) is 2.00. The van der Waals surface area contributed by atoms with E-state index in [1.807, 2.05) is 24.6 Å². The second kappa shape index (κ2) is 6.26. The van der Waals surface area contributed by atoms with Crippen LogP contribution in [0.2, 0.25) is 0 Å². The van der Waals surface area contributed by atoms with Gasteiger partial charge in [-0.3, -0.25) is 0 Å². The first kappa shape index (κ1) is 14.1. The SMILES string of the molecule is CCNc1cc(N2CCN(c3nccs3)CC2)nc(C)n1. The van der Waals surface area contributed by atoms with E-state index in [1.165, 1.54) is 0 Å². The number of piperazine rings is 1. The maximum Gasteiger partial charge on any atom is 0.185 e. The highest BCUT2D eigenvalue weighted by Crippen LogP contribution is 2.22. The molecule has 0 spiro atoms. The molecule has 3 rings (SSSR count). The molecule has 7 heteroatoms. The minimum Gasteiger partial charge on any atom is -0.370 e. The largest absolute Gasteiger partial charge is 0.370 e. The van der Waals surface area contributed by atoms with Crippen molar-refractivity contribution in [3.8, 4) is 0 Å². The van der Waals surface area contributed by atoms with Crippen LogP contribution >= 0.6 is 11.3 Å². The number of hydrogen-bond acceptors (Lipinski definition) is 7. The molecule has 0 aromatic carbocycles. The van der Waals surface area contributed by atoms with Gasteiger partial charge in [0.15, 0.2) is 5.13 Å². The van der Waals surface area contributed by atoms with Gasteiger partial charge in [0.1, 0.15) is 17.5 Å². The van der Waals surface area contributed by atoms with Crippen molar-refractivity contribution in [1.82, 2.24) is 15.0 Å². The lowest BCUT2D eigenvalue weighted by Gasteiger charge is -2.35. The fraction of sp³-hybridized carbons (Fsp3) is 0.500. The molecule has 0 unspecified atom stereocenters. The minimum atomic E-state index is 0.811. The third-order valence-electron chi connectivity index (χ3n) is 3.48. The number of rotatable bonds is 4. The lowest BCUT2D eigenvalue weighted by molar-refractivity contribution is 0.644. The number of thiazole rings is 1. The first-order valence-corrected chi connectivity index (χ1v) is 8.13. The number of hydrogen-bond donors (Lipinski definition) is 1. The highest BCUT2D eigenvalue weighted by atomic mass is 32.1. The maximum atomic E-state index is 4.57. The Morgan fingerprint density at radius 1 is 1.19 bits per heavy atom. The van der Waals surface area contributed by atoms with Crippen molar-refractivity contribution in [2.45, 2.75) is 13.8 Å². The molecule has 1 aliphatic rings. The van der Waals surface area contributed by atoms with Crippen molar-refractivity contribution in [2.75, 3.05) is 47.8 Å².